The Kier molecular flexibility index (Phi) is 3.35. The smallest absolute Gasteiger partial charge is 0.219 e. The van der Waals surface area contributed by atoms with Crippen molar-refractivity contribution >= 4 is 5.91 Å². The molecule has 0 bridgehead atoms. The second kappa shape index (κ2) is 4.16. The van der Waals surface area contributed by atoms with Gasteiger partial charge in [-0.05, 0) is 18.3 Å². The predicted octanol–water partition coefficient (Wildman–Crippen LogP) is 2.60. The maximum atomic E-state index is 11.3. The van der Waals surface area contributed by atoms with Gasteiger partial charge in [-0.1, -0.05) is 32.4 Å². The molecule has 0 unspecified atom stereocenters. The van der Waals surface area contributed by atoms with E-state index in [0.717, 1.165) is 25.9 Å². The molecule has 1 aliphatic rings. The summed E-state index contributed by atoms with van der Waals surface area (Å²) in [7, 11) is 0. The van der Waals surface area contributed by atoms with E-state index in [-0.39, 0.29) is 11.3 Å². The van der Waals surface area contributed by atoms with Crippen LogP contribution in [0.5, 0.6) is 0 Å². The summed E-state index contributed by atoms with van der Waals surface area (Å²) in [5.74, 6) is 0.196. The largest absolute Gasteiger partial charge is 0.339 e. The van der Waals surface area contributed by atoms with E-state index >= 15 is 0 Å². The minimum absolute atomic E-state index is 0.196. The molecule has 0 N–H and O–H groups in total. The van der Waals surface area contributed by atoms with Gasteiger partial charge in [0.2, 0.25) is 5.91 Å². The Labute approximate surface area is 87.0 Å². The summed E-state index contributed by atoms with van der Waals surface area (Å²) in [4.78, 5) is 13.3. The Morgan fingerprint density at radius 1 is 1.57 bits per heavy atom. The molecule has 0 atom stereocenters. The van der Waals surface area contributed by atoms with Crippen molar-refractivity contribution in [2.75, 3.05) is 13.1 Å². The summed E-state index contributed by atoms with van der Waals surface area (Å²) < 4.78 is 0. The highest BCUT2D eigenvalue weighted by molar-refractivity contribution is 5.73. The number of allylic oxidation sites excluding steroid dienone is 1. The fraction of sp³-hybridized carbons (Fsp3) is 0.750. The van der Waals surface area contributed by atoms with Crippen LogP contribution >= 0.6 is 0 Å². The van der Waals surface area contributed by atoms with Crippen LogP contribution in [0.3, 0.4) is 0 Å². The first kappa shape index (κ1) is 11.3. The van der Waals surface area contributed by atoms with Crippen LogP contribution in [-0.2, 0) is 4.79 Å². The predicted molar refractivity (Wildman–Crippen MR) is 59.0 cm³/mol. The van der Waals surface area contributed by atoms with Crippen molar-refractivity contribution in [3.63, 3.8) is 0 Å². The van der Waals surface area contributed by atoms with Crippen LogP contribution in [0, 0.1) is 5.41 Å². The number of hydrogen-bond acceptors (Lipinski definition) is 1. The highest BCUT2D eigenvalue weighted by Gasteiger charge is 2.22. The second-order valence-corrected chi connectivity index (χ2v) is 4.84. The van der Waals surface area contributed by atoms with E-state index in [1.54, 1.807) is 6.92 Å². The average molecular weight is 195 g/mol. The number of carbonyl (C=O) groups excluding carboxylic acids is 1. The standard InChI is InChI=1S/C12H21NO/c1-5-11-8-12(3,4)6-7-13(9-11)10(2)14/h8H,5-7,9H2,1-4H3. The maximum absolute atomic E-state index is 11.3. The van der Waals surface area contributed by atoms with Crippen LogP contribution < -0.4 is 0 Å². The third kappa shape index (κ3) is 2.86. The highest BCUT2D eigenvalue weighted by atomic mass is 16.2. The molecule has 1 aliphatic heterocycles. The molecular formula is C12H21NO. The molecule has 0 radical (unpaired) electrons. The molecule has 14 heavy (non-hydrogen) atoms. The molecule has 0 spiro atoms. The average Bonchev–Trinajstić information content (AvgIpc) is 2.23. The molecule has 0 aromatic carbocycles. The van der Waals surface area contributed by atoms with Crippen LogP contribution in [0.25, 0.3) is 0 Å². The topological polar surface area (TPSA) is 20.3 Å². The fourth-order valence-corrected chi connectivity index (χ4v) is 1.90. The van der Waals surface area contributed by atoms with E-state index in [0.29, 0.717) is 0 Å². The van der Waals surface area contributed by atoms with Crippen molar-refractivity contribution < 1.29 is 4.79 Å². The Hall–Kier alpha value is -0.790. The molecule has 0 fully saturated rings. The van der Waals surface area contributed by atoms with Gasteiger partial charge in [-0.3, -0.25) is 4.79 Å². The summed E-state index contributed by atoms with van der Waals surface area (Å²) in [6.07, 6.45) is 4.46. The first-order chi connectivity index (χ1) is 6.44. The van der Waals surface area contributed by atoms with Gasteiger partial charge in [0.05, 0.1) is 0 Å². The van der Waals surface area contributed by atoms with E-state index in [2.05, 4.69) is 26.8 Å². The van der Waals surface area contributed by atoms with E-state index in [1.807, 2.05) is 4.90 Å². The summed E-state index contributed by atoms with van der Waals surface area (Å²) in [5.41, 5.74) is 1.64. The SMILES string of the molecule is CCC1=CC(C)(C)CCN(C(C)=O)C1. The lowest BCUT2D eigenvalue weighted by Crippen LogP contribution is -2.31. The van der Waals surface area contributed by atoms with E-state index < -0.39 is 0 Å². The fourth-order valence-electron chi connectivity index (χ4n) is 1.90. The summed E-state index contributed by atoms with van der Waals surface area (Å²) >= 11 is 0. The number of rotatable bonds is 1. The zero-order valence-corrected chi connectivity index (χ0v) is 9.76. The lowest BCUT2D eigenvalue weighted by Gasteiger charge is -2.22. The van der Waals surface area contributed by atoms with Crippen LogP contribution in [0.1, 0.15) is 40.5 Å². The number of amides is 1. The summed E-state index contributed by atoms with van der Waals surface area (Å²) in [6.45, 7) is 10.0. The number of hydrogen-bond donors (Lipinski definition) is 0. The molecule has 80 valence electrons. The molecule has 1 heterocycles. The van der Waals surface area contributed by atoms with Crippen LogP contribution in [0.15, 0.2) is 11.6 Å². The Balaban J connectivity index is 2.81. The molecule has 1 amide bonds. The van der Waals surface area contributed by atoms with Gasteiger partial charge in [0.15, 0.2) is 0 Å². The van der Waals surface area contributed by atoms with Crippen molar-refractivity contribution in [3.8, 4) is 0 Å². The van der Waals surface area contributed by atoms with Crippen LogP contribution in [0.4, 0.5) is 0 Å². The minimum atomic E-state index is 0.196. The third-order valence-electron chi connectivity index (χ3n) is 2.91. The van der Waals surface area contributed by atoms with Gasteiger partial charge >= 0.3 is 0 Å². The van der Waals surface area contributed by atoms with Crippen molar-refractivity contribution in [3.05, 3.63) is 11.6 Å². The third-order valence-corrected chi connectivity index (χ3v) is 2.91. The van der Waals surface area contributed by atoms with Gasteiger partial charge in [0, 0.05) is 20.0 Å². The Bertz CT molecular complexity index is 253. The molecule has 1 rings (SSSR count). The van der Waals surface area contributed by atoms with E-state index in [9.17, 15) is 4.79 Å². The van der Waals surface area contributed by atoms with Crippen LogP contribution in [-0.4, -0.2) is 23.9 Å². The Morgan fingerprint density at radius 2 is 2.21 bits per heavy atom. The van der Waals surface area contributed by atoms with E-state index in [4.69, 9.17) is 0 Å². The van der Waals surface area contributed by atoms with Crippen molar-refractivity contribution in [2.24, 2.45) is 5.41 Å². The molecule has 2 heteroatoms. The van der Waals surface area contributed by atoms with Crippen molar-refractivity contribution in [1.29, 1.82) is 0 Å². The second-order valence-electron chi connectivity index (χ2n) is 4.84. The molecule has 2 nitrogen and oxygen atoms in total. The van der Waals surface area contributed by atoms with Gasteiger partial charge in [-0.2, -0.15) is 0 Å². The summed E-state index contributed by atoms with van der Waals surface area (Å²) in [5, 5.41) is 0. The van der Waals surface area contributed by atoms with Gasteiger partial charge in [0.25, 0.3) is 0 Å². The number of carbonyl (C=O) groups is 1. The van der Waals surface area contributed by atoms with Crippen molar-refractivity contribution in [1.82, 2.24) is 4.90 Å². The quantitative estimate of drug-likeness (QED) is 0.589. The monoisotopic (exact) mass is 195 g/mol. The maximum Gasteiger partial charge on any atom is 0.219 e. The minimum Gasteiger partial charge on any atom is -0.339 e. The first-order valence-electron chi connectivity index (χ1n) is 5.41. The van der Waals surface area contributed by atoms with Gasteiger partial charge in [-0.15, -0.1) is 0 Å². The first-order valence-corrected chi connectivity index (χ1v) is 5.41. The molecule has 0 aliphatic carbocycles. The highest BCUT2D eigenvalue weighted by Crippen LogP contribution is 2.28. The van der Waals surface area contributed by atoms with Gasteiger partial charge in [0.1, 0.15) is 0 Å². The normalized spacial score (nSPS) is 21.4. The molecule has 0 saturated carbocycles. The Morgan fingerprint density at radius 3 is 2.71 bits per heavy atom. The summed E-state index contributed by atoms with van der Waals surface area (Å²) in [6, 6.07) is 0. The molecule has 0 aromatic rings. The zero-order chi connectivity index (χ0) is 10.8. The zero-order valence-electron chi connectivity index (χ0n) is 9.76. The number of nitrogens with zero attached hydrogens (tertiary/aromatic N) is 1. The molecule has 0 saturated heterocycles. The lowest BCUT2D eigenvalue weighted by molar-refractivity contribution is -0.128. The molecular weight excluding hydrogens is 174 g/mol. The molecule has 0 aromatic heterocycles. The van der Waals surface area contributed by atoms with Gasteiger partial charge < -0.3 is 4.90 Å². The lowest BCUT2D eigenvalue weighted by atomic mass is 9.87. The van der Waals surface area contributed by atoms with Crippen LogP contribution in [0.2, 0.25) is 0 Å². The van der Waals surface area contributed by atoms with Gasteiger partial charge in [-0.25, -0.2) is 0 Å². The van der Waals surface area contributed by atoms with E-state index in [1.165, 1.54) is 5.57 Å². The van der Waals surface area contributed by atoms with Crippen molar-refractivity contribution in [2.45, 2.75) is 40.5 Å².